The lowest BCUT2D eigenvalue weighted by atomic mass is 10.0. The predicted octanol–water partition coefficient (Wildman–Crippen LogP) is 0.425. The van der Waals surface area contributed by atoms with Crippen LogP contribution in [0.2, 0.25) is 0 Å². The number of likely N-dealkylation sites (tertiary alicyclic amines) is 1. The fourth-order valence-electron chi connectivity index (χ4n) is 3.82. The Labute approximate surface area is 205 Å². The van der Waals surface area contributed by atoms with Crippen molar-refractivity contribution < 1.29 is 28.7 Å². The molecule has 0 radical (unpaired) electrons. The molecule has 1 fully saturated rings. The summed E-state index contributed by atoms with van der Waals surface area (Å²) in [6.45, 7) is 5.41. The van der Waals surface area contributed by atoms with Crippen molar-refractivity contribution in [2.24, 2.45) is 11.7 Å². The molecule has 2 rings (SSSR count). The molecule has 5 amide bonds. The van der Waals surface area contributed by atoms with Crippen LogP contribution in [0.15, 0.2) is 30.3 Å². The molecule has 1 aromatic carbocycles. The molecule has 3 atom stereocenters. The summed E-state index contributed by atoms with van der Waals surface area (Å²) in [6, 6.07) is 6.59. The first-order valence-electron chi connectivity index (χ1n) is 11.7. The van der Waals surface area contributed by atoms with Gasteiger partial charge >= 0.3 is 6.09 Å². The predicted molar refractivity (Wildman–Crippen MR) is 128 cm³/mol. The van der Waals surface area contributed by atoms with Gasteiger partial charge in [-0.3, -0.25) is 19.2 Å². The molecular formula is C24H35N5O6. The van der Waals surface area contributed by atoms with E-state index >= 15 is 0 Å². The van der Waals surface area contributed by atoms with Crippen LogP contribution in [-0.2, 0) is 30.5 Å². The minimum absolute atomic E-state index is 0.0669. The first-order valence-corrected chi connectivity index (χ1v) is 11.7. The number of carbonyl (C=O) groups is 5. The molecule has 1 aromatic rings. The van der Waals surface area contributed by atoms with Gasteiger partial charge in [0.1, 0.15) is 24.7 Å². The summed E-state index contributed by atoms with van der Waals surface area (Å²) < 4.78 is 5.16. The number of amides is 5. The number of hydrogen-bond donors (Lipinski definition) is 4. The number of hydrogen-bond acceptors (Lipinski definition) is 6. The first-order chi connectivity index (χ1) is 16.6. The Kier molecular flexibility index (Phi) is 10.5. The number of primary amides is 1. The summed E-state index contributed by atoms with van der Waals surface area (Å²) in [7, 11) is 0. The van der Waals surface area contributed by atoms with E-state index in [4.69, 9.17) is 10.5 Å². The van der Waals surface area contributed by atoms with Gasteiger partial charge in [0.15, 0.2) is 0 Å². The first kappa shape index (κ1) is 27.6. The van der Waals surface area contributed by atoms with Crippen LogP contribution in [0, 0.1) is 5.92 Å². The number of nitrogens with two attached hydrogens (primary N) is 1. The van der Waals surface area contributed by atoms with E-state index in [0.717, 1.165) is 5.56 Å². The third kappa shape index (κ3) is 8.91. The lowest BCUT2D eigenvalue weighted by molar-refractivity contribution is -0.140. The highest BCUT2D eigenvalue weighted by Crippen LogP contribution is 2.19. The zero-order chi connectivity index (χ0) is 26.0. The van der Waals surface area contributed by atoms with E-state index in [1.807, 2.05) is 44.2 Å². The summed E-state index contributed by atoms with van der Waals surface area (Å²) >= 11 is 0. The Morgan fingerprint density at radius 2 is 1.77 bits per heavy atom. The van der Waals surface area contributed by atoms with Gasteiger partial charge in [-0.2, -0.15) is 0 Å². The molecule has 0 saturated carbocycles. The SMILES string of the molecule is CC(C)CC(NC(=O)C1CCCN1C(=O)[C@@H](C)NC(=O)OCc1ccccc1)C(=O)NCC(N)=O. The van der Waals surface area contributed by atoms with E-state index in [0.29, 0.717) is 25.8 Å². The zero-order valence-electron chi connectivity index (χ0n) is 20.4. The van der Waals surface area contributed by atoms with Crippen molar-refractivity contribution >= 4 is 29.7 Å². The summed E-state index contributed by atoms with van der Waals surface area (Å²) in [6.07, 6.45) is 0.651. The minimum atomic E-state index is -0.906. The lowest BCUT2D eigenvalue weighted by Crippen LogP contribution is -2.56. The van der Waals surface area contributed by atoms with Crippen molar-refractivity contribution in [2.45, 2.75) is 64.8 Å². The molecule has 192 valence electrons. The quantitative estimate of drug-likeness (QED) is 0.352. The van der Waals surface area contributed by atoms with Crippen molar-refractivity contribution in [1.82, 2.24) is 20.9 Å². The van der Waals surface area contributed by atoms with Gasteiger partial charge in [0.05, 0.1) is 6.54 Å². The Bertz CT molecular complexity index is 907. The highest BCUT2D eigenvalue weighted by molar-refractivity contribution is 5.94. The van der Waals surface area contributed by atoms with Gasteiger partial charge in [0.25, 0.3) is 0 Å². The summed E-state index contributed by atoms with van der Waals surface area (Å²) in [5.41, 5.74) is 5.90. The summed E-state index contributed by atoms with van der Waals surface area (Å²) in [5.74, 6) is -2.00. The van der Waals surface area contributed by atoms with Crippen molar-refractivity contribution in [3.05, 3.63) is 35.9 Å². The Hall–Kier alpha value is -3.63. The van der Waals surface area contributed by atoms with Crippen molar-refractivity contribution in [2.75, 3.05) is 13.1 Å². The molecule has 1 aliphatic rings. The van der Waals surface area contributed by atoms with Crippen LogP contribution in [0.1, 0.15) is 45.6 Å². The number of nitrogens with one attached hydrogen (secondary N) is 3. The maximum atomic E-state index is 13.0. The average Bonchev–Trinajstić information content (AvgIpc) is 3.30. The molecule has 5 N–H and O–H groups in total. The molecule has 0 bridgehead atoms. The molecular weight excluding hydrogens is 454 g/mol. The summed E-state index contributed by atoms with van der Waals surface area (Å²) in [5, 5.41) is 7.63. The molecule has 0 aromatic heterocycles. The maximum Gasteiger partial charge on any atom is 0.408 e. The summed E-state index contributed by atoms with van der Waals surface area (Å²) in [4.78, 5) is 63.0. The van der Waals surface area contributed by atoms with Crippen LogP contribution in [0.25, 0.3) is 0 Å². The molecule has 2 unspecified atom stereocenters. The number of nitrogens with zero attached hydrogens (tertiary/aromatic N) is 1. The Morgan fingerprint density at radius 1 is 1.09 bits per heavy atom. The van der Waals surface area contributed by atoms with Crippen LogP contribution in [-0.4, -0.2) is 65.8 Å². The largest absolute Gasteiger partial charge is 0.445 e. The van der Waals surface area contributed by atoms with Gasteiger partial charge in [-0.05, 0) is 37.7 Å². The smallest absolute Gasteiger partial charge is 0.408 e. The van der Waals surface area contributed by atoms with Gasteiger partial charge in [-0.1, -0.05) is 44.2 Å². The highest BCUT2D eigenvalue weighted by Gasteiger charge is 2.38. The third-order valence-corrected chi connectivity index (χ3v) is 5.53. The zero-order valence-corrected chi connectivity index (χ0v) is 20.4. The minimum Gasteiger partial charge on any atom is -0.445 e. The van der Waals surface area contributed by atoms with Gasteiger partial charge < -0.3 is 31.3 Å². The van der Waals surface area contributed by atoms with Gasteiger partial charge in [0.2, 0.25) is 23.6 Å². The van der Waals surface area contributed by atoms with Crippen molar-refractivity contribution in [3.63, 3.8) is 0 Å². The van der Waals surface area contributed by atoms with Gasteiger partial charge in [-0.15, -0.1) is 0 Å². The van der Waals surface area contributed by atoms with Gasteiger partial charge in [-0.25, -0.2) is 4.79 Å². The normalized spacial score (nSPS) is 16.8. The topological polar surface area (TPSA) is 160 Å². The van der Waals surface area contributed by atoms with Crippen LogP contribution < -0.4 is 21.7 Å². The molecule has 11 nitrogen and oxygen atoms in total. The number of rotatable bonds is 11. The van der Waals surface area contributed by atoms with Crippen molar-refractivity contribution in [3.8, 4) is 0 Å². The second-order valence-corrected chi connectivity index (χ2v) is 8.99. The Balaban J connectivity index is 1.94. The number of benzene rings is 1. The average molecular weight is 490 g/mol. The molecule has 0 aliphatic carbocycles. The molecule has 1 heterocycles. The monoisotopic (exact) mass is 489 g/mol. The molecule has 0 spiro atoms. The maximum absolute atomic E-state index is 13.0. The van der Waals surface area contributed by atoms with E-state index in [2.05, 4.69) is 16.0 Å². The number of alkyl carbamates (subject to hydrolysis) is 1. The number of ether oxygens (including phenoxy) is 1. The molecule has 1 saturated heterocycles. The van der Waals surface area contributed by atoms with Crippen molar-refractivity contribution in [1.29, 1.82) is 0 Å². The molecule has 11 heteroatoms. The van der Waals surface area contributed by atoms with Crippen LogP contribution in [0.4, 0.5) is 4.79 Å². The molecule has 1 aliphatic heterocycles. The van der Waals surface area contributed by atoms with E-state index in [1.165, 1.54) is 11.8 Å². The second-order valence-electron chi connectivity index (χ2n) is 8.99. The van der Waals surface area contributed by atoms with Crippen LogP contribution >= 0.6 is 0 Å². The standard InChI is InChI=1S/C24H35N5O6/c1-15(2)12-18(21(31)26-13-20(25)30)28-22(32)19-10-7-11-29(19)23(33)16(3)27-24(34)35-14-17-8-5-4-6-9-17/h4-6,8-9,15-16,18-19H,7,10-14H2,1-3H3,(H2,25,30)(H,26,31)(H,27,34)(H,28,32)/t16-,18?,19?/m1/s1. The lowest BCUT2D eigenvalue weighted by Gasteiger charge is -2.28. The second kappa shape index (κ2) is 13.3. The Morgan fingerprint density at radius 3 is 2.40 bits per heavy atom. The fourth-order valence-corrected chi connectivity index (χ4v) is 3.82. The van der Waals surface area contributed by atoms with E-state index in [1.54, 1.807) is 0 Å². The van der Waals surface area contributed by atoms with Gasteiger partial charge in [0, 0.05) is 6.54 Å². The highest BCUT2D eigenvalue weighted by atomic mass is 16.5. The van der Waals surface area contributed by atoms with E-state index < -0.39 is 47.8 Å². The fraction of sp³-hybridized carbons (Fsp3) is 0.542. The van der Waals surface area contributed by atoms with E-state index in [-0.39, 0.29) is 19.1 Å². The van der Waals surface area contributed by atoms with E-state index in [9.17, 15) is 24.0 Å². The van der Waals surface area contributed by atoms with Crippen LogP contribution in [0.3, 0.4) is 0 Å². The number of carbonyl (C=O) groups excluding carboxylic acids is 5. The van der Waals surface area contributed by atoms with Crippen LogP contribution in [0.5, 0.6) is 0 Å². The molecule has 35 heavy (non-hydrogen) atoms. The third-order valence-electron chi connectivity index (χ3n) is 5.53.